The topological polar surface area (TPSA) is 38.7 Å². The summed E-state index contributed by atoms with van der Waals surface area (Å²) in [5.74, 6) is 0. The van der Waals surface area contributed by atoms with Crippen molar-refractivity contribution in [1.29, 1.82) is 0 Å². The van der Waals surface area contributed by atoms with Crippen molar-refractivity contribution < 1.29 is 12.9 Å². The summed E-state index contributed by atoms with van der Waals surface area (Å²) in [6, 6.07) is 0. The van der Waals surface area contributed by atoms with E-state index in [9.17, 15) is 0 Å². The summed E-state index contributed by atoms with van der Waals surface area (Å²) in [5.41, 5.74) is 0. The Morgan fingerprint density at radius 1 is 1.50 bits per heavy atom. The maximum Gasteiger partial charge on any atom is 0.109 e. The van der Waals surface area contributed by atoms with E-state index in [1.807, 2.05) is 23.0 Å². The highest BCUT2D eigenvalue weighted by molar-refractivity contribution is 14.1. The van der Waals surface area contributed by atoms with Gasteiger partial charge in [0.25, 0.3) is 0 Å². The second-order valence-corrected chi connectivity index (χ2v) is 3.04. The molecule has 3 nitrogen and oxygen atoms in total. The van der Waals surface area contributed by atoms with E-state index in [2.05, 4.69) is 0 Å². The van der Waals surface area contributed by atoms with Gasteiger partial charge in [0.2, 0.25) is 0 Å². The van der Waals surface area contributed by atoms with Crippen molar-refractivity contribution in [2.24, 2.45) is 0 Å². The molecule has 0 radical (unpaired) electrons. The Labute approximate surface area is 74.4 Å². The van der Waals surface area contributed by atoms with Gasteiger partial charge in [0.15, 0.2) is 0 Å². The molecule has 60 valence electrons. The molecule has 0 saturated carbocycles. The summed E-state index contributed by atoms with van der Waals surface area (Å²) in [6.45, 7) is 0.773. The lowest BCUT2D eigenvalue weighted by Gasteiger charge is -2.08. The molecule has 1 aliphatic rings. The molecule has 0 aromatic heterocycles. The van der Waals surface area contributed by atoms with Gasteiger partial charge in [-0.2, -0.15) is 0 Å². The van der Waals surface area contributed by atoms with Gasteiger partial charge in [0.05, 0.1) is 25.4 Å². The fraction of sp³-hybridized carbons (Fsp3) is 1.00. The van der Waals surface area contributed by atoms with Crippen LogP contribution in [0.1, 0.15) is 12.8 Å². The zero-order valence-electron chi connectivity index (χ0n) is 5.62. The molecule has 1 aliphatic heterocycles. The maximum atomic E-state index is 8.68. The van der Waals surface area contributed by atoms with E-state index in [4.69, 9.17) is 12.9 Å². The number of halogens is 1. The molecule has 2 atom stereocenters. The van der Waals surface area contributed by atoms with Gasteiger partial charge in [-0.05, 0) is 12.8 Å². The van der Waals surface area contributed by atoms with Crippen LogP contribution in [-0.2, 0) is 7.80 Å². The Kier molecular flexibility index (Phi) is 3.90. The van der Waals surface area contributed by atoms with E-state index in [1.165, 1.54) is 0 Å². The fourth-order valence-electron chi connectivity index (χ4n) is 1.11. The molecular weight excluding hydrogens is 247 g/mol. The molecule has 0 aromatic carbocycles. The molecule has 0 unspecified atom stereocenters. The Hall–Kier alpha value is 0.610. The zero-order valence-corrected chi connectivity index (χ0v) is 7.78. The van der Waals surface area contributed by atoms with Gasteiger partial charge in [-0.15, -0.1) is 0 Å². The number of hydrogen-bond acceptors (Lipinski definition) is 3. The Morgan fingerprint density at radius 2 is 2.20 bits per heavy atom. The standard InChI is InChI=1S/C6H11IO3/c7-9-4-6-2-1-5(3-8)10-6/h5-6,8H,1-4H2/t5-,6+/m0/s1. The van der Waals surface area contributed by atoms with Gasteiger partial charge in [0, 0.05) is 0 Å². The normalized spacial score (nSPS) is 33.0. The first kappa shape index (κ1) is 8.70. The van der Waals surface area contributed by atoms with Crippen LogP contribution in [0.25, 0.3) is 0 Å². The smallest absolute Gasteiger partial charge is 0.109 e. The highest BCUT2D eigenvalue weighted by Crippen LogP contribution is 2.19. The monoisotopic (exact) mass is 258 g/mol. The molecule has 0 spiro atoms. The molecule has 0 amide bonds. The van der Waals surface area contributed by atoms with Crippen LogP contribution >= 0.6 is 23.0 Å². The van der Waals surface area contributed by atoms with Crippen molar-refractivity contribution in [3.8, 4) is 0 Å². The van der Waals surface area contributed by atoms with Gasteiger partial charge in [-0.3, -0.25) is 0 Å². The van der Waals surface area contributed by atoms with E-state index in [-0.39, 0.29) is 18.8 Å². The van der Waals surface area contributed by atoms with Crippen LogP contribution in [0, 0.1) is 0 Å². The van der Waals surface area contributed by atoms with Crippen LogP contribution in [0.5, 0.6) is 0 Å². The van der Waals surface area contributed by atoms with Crippen LogP contribution in [0.2, 0.25) is 0 Å². The van der Waals surface area contributed by atoms with Gasteiger partial charge in [-0.1, -0.05) is 0 Å². The van der Waals surface area contributed by atoms with Crippen LogP contribution in [0.15, 0.2) is 0 Å². The molecule has 1 N–H and O–H groups in total. The predicted octanol–water partition coefficient (Wildman–Crippen LogP) is 0.893. The average Bonchev–Trinajstić information content (AvgIpc) is 2.37. The SMILES string of the molecule is OC[C@@H]1CC[C@H](COI)O1. The zero-order chi connectivity index (χ0) is 7.40. The summed E-state index contributed by atoms with van der Waals surface area (Å²) in [5, 5.41) is 8.68. The molecular formula is C6H11IO3. The lowest BCUT2D eigenvalue weighted by atomic mass is 10.2. The maximum absolute atomic E-state index is 8.68. The number of aliphatic hydroxyl groups excluding tert-OH is 1. The fourth-order valence-corrected chi connectivity index (χ4v) is 1.51. The summed E-state index contributed by atoms with van der Waals surface area (Å²) in [7, 11) is 0. The van der Waals surface area contributed by atoms with E-state index in [0.29, 0.717) is 6.61 Å². The Bertz CT molecular complexity index is 99.0. The second kappa shape index (κ2) is 4.48. The molecule has 1 saturated heterocycles. The molecule has 10 heavy (non-hydrogen) atoms. The van der Waals surface area contributed by atoms with Gasteiger partial charge in [0.1, 0.15) is 23.0 Å². The lowest BCUT2D eigenvalue weighted by Crippen LogP contribution is -2.17. The third kappa shape index (κ3) is 2.34. The molecule has 4 heteroatoms. The summed E-state index contributed by atoms with van der Waals surface area (Å²) >= 11 is 1.85. The van der Waals surface area contributed by atoms with Crippen molar-refractivity contribution in [3.05, 3.63) is 0 Å². The summed E-state index contributed by atoms with van der Waals surface area (Å²) < 4.78 is 10.3. The molecule has 0 bridgehead atoms. The van der Waals surface area contributed by atoms with Crippen molar-refractivity contribution >= 4 is 23.0 Å². The Balaban J connectivity index is 2.15. The number of hydrogen-bond donors (Lipinski definition) is 1. The van der Waals surface area contributed by atoms with Gasteiger partial charge < -0.3 is 12.9 Å². The van der Waals surface area contributed by atoms with Crippen molar-refractivity contribution in [3.63, 3.8) is 0 Å². The largest absolute Gasteiger partial charge is 0.394 e. The first-order valence-corrected chi connectivity index (χ1v) is 4.24. The average molecular weight is 258 g/mol. The van der Waals surface area contributed by atoms with Crippen LogP contribution < -0.4 is 0 Å². The first-order chi connectivity index (χ1) is 4.86. The van der Waals surface area contributed by atoms with Crippen molar-refractivity contribution in [1.82, 2.24) is 0 Å². The summed E-state index contributed by atoms with van der Waals surface area (Å²) in [6.07, 6.45) is 2.22. The van der Waals surface area contributed by atoms with Crippen LogP contribution in [-0.4, -0.2) is 30.5 Å². The number of rotatable bonds is 3. The van der Waals surface area contributed by atoms with E-state index < -0.39 is 0 Å². The molecule has 1 heterocycles. The quantitative estimate of drug-likeness (QED) is 0.764. The number of aliphatic hydroxyl groups is 1. The van der Waals surface area contributed by atoms with Crippen LogP contribution in [0.3, 0.4) is 0 Å². The van der Waals surface area contributed by atoms with Crippen molar-refractivity contribution in [2.45, 2.75) is 25.0 Å². The van der Waals surface area contributed by atoms with E-state index >= 15 is 0 Å². The number of ether oxygens (including phenoxy) is 1. The highest BCUT2D eigenvalue weighted by Gasteiger charge is 2.24. The first-order valence-electron chi connectivity index (χ1n) is 3.36. The van der Waals surface area contributed by atoms with E-state index in [1.54, 1.807) is 0 Å². The minimum absolute atomic E-state index is 0.0524. The molecule has 0 aliphatic carbocycles. The molecule has 0 aromatic rings. The predicted molar refractivity (Wildman–Crippen MR) is 45.0 cm³/mol. The molecule has 1 rings (SSSR count). The molecule has 1 fully saturated rings. The minimum Gasteiger partial charge on any atom is -0.394 e. The third-order valence-electron chi connectivity index (χ3n) is 1.65. The second-order valence-electron chi connectivity index (χ2n) is 2.42. The third-order valence-corrected chi connectivity index (χ3v) is 2.01. The van der Waals surface area contributed by atoms with Crippen LogP contribution in [0.4, 0.5) is 0 Å². The van der Waals surface area contributed by atoms with E-state index in [0.717, 1.165) is 12.8 Å². The lowest BCUT2D eigenvalue weighted by molar-refractivity contribution is -0.00116. The highest BCUT2D eigenvalue weighted by atomic mass is 127. The summed E-state index contributed by atoms with van der Waals surface area (Å²) in [4.78, 5) is 0. The van der Waals surface area contributed by atoms with Crippen molar-refractivity contribution in [2.75, 3.05) is 13.2 Å². The van der Waals surface area contributed by atoms with Gasteiger partial charge >= 0.3 is 0 Å². The van der Waals surface area contributed by atoms with Gasteiger partial charge in [-0.25, -0.2) is 0 Å². The minimum atomic E-state index is 0.0524. The Morgan fingerprint density at radius 3 is 2.70 bits per heavy atom.